The summed E-state index contributed by atoms with van der Waals surface area (Å²) in [4.78, 5) is 29.2. The van der Waals surface area contributed by atoms with Gasteiger partial charge in [0.05, 0.1) is 24.8 Å². The average Bonchev–Trinajstić information content (AvgIpc) is 3.09. The molecule has 0 saturated heterocycles. The van der Waals surface area contributed by atoms with Crippen molar-refractivity contribution >= 4 is 27.5 Å². The Labute approximate surface area is 280 Å². The molecule has 0 aliphatic heterocycles. The number of halogens is 2. The minimum absolute atomic E-state index is 0.00242. The molecule has 1 N–H and O–H groups in total. The van der Waals surface area contributed by atoms with E-state index in [4.69, 9.17) is 9.47 Å². The van der Waals surface area contributed by atoms with E-state index in [1.54, 1.807) is 18.2 Å². The monoisotopic (exact) mass is 679 g/mol. The van der Waals surface area contributed by atoms with Crippen LogP contribution in [-0.2, 0) is 32.6 Å². The van der Waals surface area contributed by atoms with Crippen molar-refractivity contribution < 1.29 is 36.3 Å². The van der Waals surface area contributed by atoms with Crippen molar-refractivity contribution in [1.29, 1.82) is 0 Å². The van der Waals surface area contributed by atoms with Gasteiger partial charge in [-0.1, -0.05) is 61.9 Å². The number of nitrogens with one attached hydrogen (secondary N) is 1. The number of anilines is 1. The molecule has 12 heteroatoms. The van der Waals surface area contributed by atoms with Crippen molar-refractivity contribution in [3.05, 3.63) is 120 Å². The first-order valence-corrected chi connectivity index (χ1v) is 16.9. The zero-order chi connectivity index (χ0) is 34.7. The summed E-state index contributed by atoms with van der Waals surface area (Å²) in [6.07, 6.45) is 1.60. The Bertz CT molecular complexity index is 1790. The molecule has 48 heavy (non-hydrogen) atoms. The van der Waals surface area contributed by atoms with Crippen LogP contribution < -0.4 is 19.1 Å². The molecule has 0 aromatic heterocycles. The first-order valence-electron chi connectivity index (χ1n) is 15.4. The Kier molecular flexibility index (Phi) is 12.5. The van der Waals surface area contributed by atoms with Gasteiger partial charge in [0.15, 0.2) is 11.5 Å². The zero-order valence-electron chi connectivity index (χ0n) is 27.1. The number of carbonyl (C=O) groups is 2. The Morgan fingerprint density at radius 2 is 1.52 bits per heavy atom. The predicted molar refractivity (Wildman–Crippen MR) is 179 cm³/mol. The van der Waals surface area contributed by atoms with Gasteiger partial charge >= 0.3 is 0 Å². The quantitative estimate of drug-likeness (QED) is 0.152. The van der Waals surface area contributed by atoms with Crippen LogP contribution in [0.15, 0.2) is 102 Å². The molecule has 0 aliphatic carbocycles. The summed E-state index contributed by atoms with van der Waals surface area (Å²) >= 11 is 0. The molecule has 0 radical (unpaired) electrons. The normalized spacial score (nSPS) is 11.8. The van der Waals surface area contributed by atoms with Gasteiger partial charge in [-0.25, -0.2) is 17.2 Å². The third kappa shape index (κ3) is 8.88. The third-order valence-corrected chi connectivity index (χ3v) is 9.51. The molecule has 1 unspecified atom stereocenters. The van der Waals surface area contributed by atoms with Crippen molar-refractivity contribution in [2.24, 2.45) is 0 Å². The lowest BCUT2D eigenvalue weighted by Crippen LogP contribution is -2.53. The van der Waals surface area contributed by atoms with Crippen LogP contribution in [0.2, 0.25) is 0 Å². The summed E-state index contributed by atoms with van der Waals surface area (Å²) in [6, 6.07) is 22.4. The first kappa shape index (κ1) is 35.9. The van der Waals surface area contributed by atoms with Crippen molar-refractivity contribution in [3.63, 3.8) is 0 Å². The fourth-order valence-corrected chi connectivity index (χ4v) is 6.54. The van der Waals surface area contributed by atoms with Gasteiger partial charge in [-0.2, -0.15) is 0 Å². The molecule has 0 saturated carbocycles. The largest absolute Gasteiger partial charge is 0.493 e. The standard InChI is InChI=1S/C36H39F2N3O6S/c1-4-5-21-39-36(43)32(22-26-11-7-6-8-12-26)40(24-27-13-9-10-14-31(27)38)35(42)25-41(29-17-15-28(37)16-18-29)48(44,45)30-19-20-33(46-2)34(23-30)47-3/h6-20,23,32H,4-5,21-22,24-25H2,1-3H3,(H,39,43). The third-order valence-electron chi connectivity index (χ3n) is 7.74. The Balaban J connectivity index is 1.82. The van der Waals surface area contributed by atoms with Gasteiger partial charge in [0.1, 0.15) is 24.2 Å². The number of hydrogen-bond donors (Lipinski definition) is 1. The number of hydrogen-bond acceptors (Lipinski definition) is 6. The van der Waals surface area contributed by atoms with Crippen LogP contribution in [0.5, 0.6) is 11.5 Å². The predicted octanol–water partition coefficient (Wildman–Crippen LogP) is 5.73. The number of sulfonamides is 1. The van der Waals surface area contributed by atoms with Crippen molar-refractivity contribution in [3.8, 4) is 11.5 Å². The van der Waals surface area contributed by atoms with Gasteiger partial charge in [0.25, 0.3) is 10.0 Å². The van der Waals surface area contributed by atoms with Crippen LogP contribution in [0.1, 0.15) is 30.9 Å². The second kappa shape index (κ2) is 16.7. The summed E-state index contributed by atoms with van der Waals surface area (Å²) in [5.41, 5.74) is 0.881. The molecular formula is C36H39F2N3O6S. The van der Waals surface area contributed by atoms with Crippen LogP contribution in [0, 0.1) is 11.6 Å². The highest BCUT2D eigenvalue weighted by molar-refractivity contribution is 7.92. The molecule has 0 fully saturated rings. The van der Waals surface area contributed by atoms with Crippen LogP contribution in [0.3, 0.4) is 0 Å². The maximum atomic E-state index is 15.1. The summed E-state index contributed by atoms with van der Waals surface area (Å²) in [7, 11) is -1.74. The van der Waals surface area contributed by atoms with Crippen LogP contribution >= 0.6 is 0 Å². The van der Waals surface area contributed by atoms with Gasteiger partial charge in [0.2, 0.25) is 11.8 Å². The number of benzene rings is 4. The Morgan fingerprint density at radius 1 is 0.854 bits per heavy atom. The molecule has 2 amide bonds. The highest BCUT2D eigenvalue weighted by Gasteiger charge is 2.35. The summed E-state index contributed by atoms with van der Waals surface area (Å²) in [6.45, 7) is 1.23. The maximum Gasteiger partial charge on any atom is 0.264 e. The number of unbranched alkanes of at least 4 members (excludes halogenated alkanes) is 1. The second-order valence-corrected chi connectivity index (χ2v) is 12.8. The van der Waals surface area contributed by atoms with E-state index in [9.17, 15) is 22.4 Å². The highest BCUT2D eigenvalue weighted by Crippen LogP contribution is 2.32. The molecule has 1 atom stereocenters. The molecular weight excluding hydrogens is 640 g/mol. The van der Waals surface area contributed by atoms with E-state index >= 15 is 4.39 Å². The topological polar surface area (TPSA) is 105 Å². The van der Waals surface area contributed by atoms with Gasteiger partial charge in [0, 0.05) is 31.1 Å². The summed E-state index contributed by atoms with van der Waals surface area (Å²) < 4.78 is 69.0. The molecule has 4 rings (SSSR count). The fourth-order valence-electron chi connectivity index (χ4n) is 5.11. The second-order valence-electron chi connectivity index (χ2n) is 11.0. The minimum atomic E-state index is -4.50. The summed E-state index contributed by atoms with van der Waals surface area (Å²) in [5.74, 6) is -2.02. The lowest BCUT2D eigenvalue weighted by molar-refractivity contribution is -0.140. The van der Waals surface area contributed by atoms with Crippen molar-refractivity contribution in [2.45, 2.75) is 43.7 Å². The van der Waals surface area contributed by atoms with E-state index in [2.05, 4.69) is 5.32 Å². The number of rotatable bonds is 16. The van der Waals surface area contributed by atoms with Gasteiger partial charge in [-0.3, -0.25) is 13.9 Å². The number of nitrogens with zero attached hydrogens (tertiary/aromatic N) is 2. The molecule has 254 valence electrons. The number of methoxy groups -OCH3 is 2. The van der Waals surface area contributed by atoms with Gasteiger partial charge in [-0.15, -0.1) is 0 Å². The van der Waals surface area contributed by atoms with E-state index in [1.165, 1.54) is 67.7 Å². The lowest BCUT2D eigenvalue weighted by Gasteiger charge is -2.34. The fraction of sp³-hybridized carbons (Fsp3) is 0.278. The molecule has 4 aromatic carbocycles. The molecule has 0 heterocycles. The molecule has 9 nitrogen and oxygen atoms in total. The Morgan fingerprint density at radius 3 is 2.17 bits per heavy atom. The van der Waals surface area contributed by atoms with Crippen LogP contribution in [-0.4, -0.2) is 58.5 Å². The SMILES string of the molecule is CCCCNC(=O)C(Cc1ccccc1)N(Cc1ccccc1F)C(=O)CN(c1ccc(F)cc1)S(=O)(=O)c1ccc(OC)c(OC)c1. The van der Waals surface area contributed by atoms with Gasteiger partial charge in [-0.05, 0) is 54.4 Å². The minimum Gasteiger partial charge on any atom is -0.493 e. The van der Waals surface area contributed by atoms with E-state index < -0.39 is 46.1 Å². The zero-order valence-corrected chi connectivity index (χ0v) is 27.9. The van der Waals surface area contributed by atoms with Gasteiger partial charge < -0.3 is 19.7 Å². The Hall–Kier alpha value is -4.97. The molecule has 0 bridgehead atoms. The van der Waals surface area contributed by atoms with Crippen LogP contribution in [0.25, 0.3) is 0 Å². The highest BCUT2D eigenvalue weighted by atomic mass is 32.2. The van der Waals surface area contributed by atoms with Crippen LogP contribution in [0.4, 0.5) is 14.5 Å². The van der Waals surface area contributed by atoms with Crippen molar-refractivity contribution in [1.82, 2.24) is 10.2 Å². The van der Waals surface area contributed by atoms with E-state index in [0.29, 0.717) is 13.0 Å². The number of amides is 2. The van der Waals surface area contributed by atoms with E-state index in [1.807, 2.05) is 25.1 Å². The van der Waals surface area contributed by atoms with E-state index in [-0.39, 0.29) is 40.6 Å². The molecule has 0 spiro atoms. The van der Waals surface area contributed by atoms with Crippen molar-refractivity contribution in [2.75, 3.05) is 31.6 Å². The lowest BCUT2D eigenvalue weighted by atomic mass is 10.0. The number of carbonyl (C=O) groups excluding carboxylic acids is 2. The maximum absolute atomic E-state index is 15.1. The molecule has 0 aliphatic rings. The van der Waals surface area contributed by atoms with E-state index in [0.717, 1.165) is 28.4 Å². The smallest absolute Gasteiger partial charge is 0.264 e. The average molecular weight is 680 g/mol. The first-order chi connectivity index (χ1) is 23.1. The number of ether oxygens (including phenoxy) is 2. The molecule has 4 aromatic rings. The summed E-state index contributed by atoms with van der Waals surface area (Å²) in [5, 5.41) is 2.88.